The van der Waals surface area contributed by atoms with E-state index in [1.165, 1.54) is 0 Å². The fourth-order valence-electron chi connectivity index (χ4n) is 1.42. The Morgan fingerprint density at radius 1 is 1.47 bits per heavy atom. The third-order valence-corrected chi connectivity index (χ3v) is 3.56. The zero-order valence-corrected chi connectivity index (χ0v) is 10.3. The molecule has 1 rings (SSSR count). The van der Waals surface area contributed by atoms with Gasteiger partial charge in [0.1, 0.15) is 11.0 Å². The maximum atomic E-state index is 12.6. The van der Waals surface area contributed by atoms with Crippen LogP contribution in [0.3, 0.4) is 0 Å². The second kappa shape index (κ2) is 4.98. The molecule has 0 bridgehead atoms. The highest BCUT2D eigenvalue weighted by Crippen LogP contribution is 2.29. The van der Waals surface area contributed by atoms with Crippen LogP contribution in [-0.2, 0) is 15.5 Å². The van der Waals surface area contributed by atoms with Gasteiger partial charge in [-0.15, -0.1) is 0 Å². The first-order valence-corrected chi connectivity index (χ1v) is 6.92. The Morgan fingerprint density at radius 3 is 2.41 bits per heavy atom. The van der Waals surface area contributed by atoms with Crippen LogP contribution in [0.25, 0.3) is 0 Å². The summed E-state index contributed by atoms with van der Waals surface area (Å²) >= 11 is 0. The number of benzene rings is 1. The molecule has 1 aromatic rings. The molecule has 0 saturated carbocycles. The number of aryl methyl sites for hydroxylation is 1. The minimum atomic E-state index is -4.22. The molecule has 3 nitrogen and oxygen atoms in total. The van der Waals surface area contributed by atoms with E-state index in [0.717, 1.165) is 12.1 Å². The molecule has 0 atom stereocenters. The number of halogens is 3. The van der Waals surface area contributed by atoms with Crippen molar-refractivity contribution in [3.63, 3.8) is 0 Å². The Kier molecular flexibility index (Phi) is 4.07. The lowest BCUT2D eigenvalue weighted by molar-refractivity contribution is 0.151. The Bertz CT molecular complexity index is 579. The zero-order valence-electron chi connectivity index (χ0n) is 8.75. The molecular weight excluding hydrogens is 272 g/mol. The highest BCUT2D eigenvalue weighted by molar-refractivity contribution is 8.13. The molecule has 0 N–H and O–H groups in total. The van der Waals surface area contributed by atoms with Gasteiger partial charge in [-0.05, 0) is 24.1 Å². The van der Waals surface area contributed by atoms with Crippen LogP contribution in [0.15, 0.2) is 17.0 Å². The van der Waals surface area contributed by atoms with Gasteiger partial charge in [0.2, 0.25) is 0 Å². The number of nitrogens with zero attached hydrogens (tertiary/aromatic N) is 1. The summed E-state index contributed by atoms with van der Waals surface area (Å²) < 4.78 is 47.6. The summed E-state index contributed by atoms with van der Waals surface area (Å²) in [6.45, 7) is 1.63. The van der Waals surface area contributed by atoms with E-state index < -0.39 is 25.9 Å². The summed E-state index contributed by atoms with van der Waals surface area (Å²) in [5.41, 5.74) is -0.392. The van der Waals surface area contributed by atoms with Gasteiger partial charge in [0.15, 0.2) is 0 Å². The molecule has 7 heteroatoms. The highest BCUT2D eigenvalue weighted by Gasteiger charge is 2.22. The molecule has 1 aromatic carbocycles. The summed E-state index contributed by atoms with van der Waals surface area (Å²) in [6, 6.07) is 3.54. The number of hydrogen-bond acceptors (Lipinski definition) is 3. The molecule has 0 fully saturated rings. The molecule has 0 heterocycles. The second-order valence-electron chi connectivity index (χ2n) is 3.26. The third-order valence-electron chi connectivity index (χ3n) is 2.21. The SMILES string of the molecule is CCc1cc(C(F)F)cc(S(=O)(=O)Cl)c1C#N. The third kappa shape index (κ3) is 2.93. The maximum absolute atomic E-state index is 12.6. The fourth-order valence-corrected chi connectivity index (χ4v) is 2.48. The van der Waals surface area contributed by atoms with Crippen molar-refractivity contribution in [1.29, 1.82) is 5.26 Å². The molecule has 0 aromatic heterocycles. The van der Waals surface area contributed by atoms with Crippen molar-refractivity contribution in [3.8, 4) is 6.07 Å². The van der Waals surface area contributed by atoms with Crippen LogP contribution in [0.5, 0.6) is 0 Å². The van der Waals surface area contributed by atoms with E-state index in [0.29, 0.717) is 0 Å². The van der Waals surface area contributed by atoms with Crippen LogP contribution in [0, 0.1) is 11.3 Å². The Hall–Kier alpha value is -1.19. The van der Waals surface area contributed by atoms with Crippen LogP contribution in [0.1, 0.15) is 30.0 Å². The van der Waals surface area contributed by atoms with E-state index in [1.54, 1.807) is 13.0 Å². The largest absolute Gasteiger partial charge is 0.263 e. The molecule has 0 saturated heterocycles. The van der Waals surface area contributed by atoms with Crippen molar-refractivity contribution in [2.75, 3.05) is 0 Å². The first-order chi connectivity index (χ1) is 7.81. The molecule has 0 aliphatic carbocycles. The Morgan fingerprint density at radius 2 is 2.06 bits per heavy atom. The van der Waals surface area contributed by atoms with Crippen molar-refractivity contribution in [1.82, 2.24) is 0 Å². The molecule has 0 radical (unpaired) electrons. The quantitative estimate of drug-likeness (QED) is 0.799. The molecule has 0 spiro atoms. The van der Waals surface area contributed by atoms with E-state index >= 15 is 0 Å². The smallest absolute Gasteiger partial charge is 0.207 e. The molecule has 0 amide bonds. The number of rotatable bonds is 3. The minimum Gasteiger partial charge on any atom is -0.207 e. The average molecular weight is 280 g/mol. The normalized spacial score (nSPS) is 11.5. The lowest BCUT2D eigenvalue weighted by Crippen LogP contribution is -2.02. The monoisotopic (exact) mass is 279 g/mol. The Balaban J connectivity index is 3.68. The maximum Gasteiger partial charge on any atom is 0.263 e. The zero-order chi connectivity index (χ0) is 13.2. The van der Waals surface area contributed by atoms with Gasteiger partial charge in [0.05, 0.1) is 5.56 Å². The lowest BCUT2D eigenvalue weighted by Gasteiger charge is -2.09. The van der Waals surface area contributed by atoms with E-state index in [2.05, 4.69) is 0 Å². The Labute approximate surface area is 102 Å². The van der Waals surface area contributed by atoms with Crippen LogP contribution >= 0.6 is 10.7 Å². The van der Waals surface area contributed by atoms with E-state index in [9.17, 15) is 17.2 Å². The van der Waals surface area contributed by atoms with Crippen molar-refractivity contribution in [3.05, 3.63) is 28.8 Å². The highest BCUT2D eigenvalue weighted by atomic mass is 35.7. The van der Waals surface area contributed by atoms with Crippen LogP contribution in [-0.4, -0.2) is 8.42 Å². The molecule has 0 aliphatic rings. The first-order valence-electron chi connectivity index (χ1n) is 4.61. The predicted molar refractivity (Wildman–Crippen MR) is 58.5 cm³/mol. The molecule has 17 heavy (non-hydrogen) atoms. The van der Waals surface area contributed by atoms with E-state index in [4.69, 9.17) is 15.9 Å². The van der Waals surface area contributed by atoms with Gasteiger partial charge in [-0.3, -0.25) is 0 Å². The van der Waals surface area contributed by atoms with Crippen molar-refractivity contribution < 1.29 is 17.2 Å². The topological polar surface area (TPSA) is 57.9 Å². The van der Waals surface area contributed by atoms with Crippen molar-refractivity contribution >= 4 is 19.7 Å². The molecule has 0 unspecified atom stereocenters. The van der Waals surface area contributed by atoms with Crippen molar-refractivity contribution in [2.24, 2.45) is 0 Å². The van der Waals surface area contributed by atoms with Crippen LogP contribution in [0.4, 0.5) is 8.78 Å². The van der Waals surface area contributed by atoms with Gasteiger partial charge in [-0.1, -0.05) is 6.92 Å². The first kappa shape index (κ1) is 13.9. The average Bonchev–Trinajstić information content (AvgIpc) is 2.25. The van der Waals surface area contributed by atoms with Gasteiger partial charge < -0.3 is 0 Å². The number of hydrogen-bond donors (Lipinski definition) is 0. The summed E-state index contributed by atoms with van der Waals surface area (Å²) in [6.07, 6.45) is -2.55. The van der Waals surface area contributed by atoms with Gasteiger partial charge in [0.25, 0.3) is 15.5 Å². The van der Waals surface area contributed by atoms with Crippen molar-refractivity contribution in [2.45, 2.75) is 24.7 Å². The van der Waals surface area contributed by atoms with Crippen LogP contribution in [0.2, 0.25) is 0 Å². The molecule has 92 valence electrons. The number of alkyl halides is 2. The summed E-state index contributed by atoms with van der Waals surface area (Å²) in [5.74, 6) is 0. The molecular formula is C10H8ClF2NO2S. The van der Waals surface area contributed by atoms with E-state index in [1.807, 2.05) is 0 Å². The second-order valence-corrected chi connectivity index (χ2v) is 5.79. The minimum absolute atomic E-state index is 0.174. The van der Waals surface area contributed by atoms with Gasteiger partial charge >= 0.3 is 0 Å². The van der Waals surface area contributed by atoms with Gasteiger partial charge in [-0.25, -0.2) is 17.2 Å². The van der Waals surface area contributed by atoms with Gasteiger partial charge in [-0.2, -0.15) is 5.26 Å². The number of nitriles is 1. The summed E-state index contributed by atoms with van der Waals surface area (Å²) in [5, 5.41) is 8.86. The summed E-state index contributed by atoms with van der Waals surface area (Å²) in [7, 11) is 0.906. The summed E-state index contributed by atoms with van der Waals surface area (Å²) in [4.78, 5) is -0.559. The lowest BCUT2D eigenvalue weighted by atomic mass is 10.0. The van der Waals surface area contributed by atoms with E-state index in [-0.39, 0.29) is 17.5 Å². The predicted octanol–water partition coefficient (Wildman–Crippen LogP) is 2.99. The van der Waals surface area contributed by atoms with Crippen LogP contribution < -0.4 is 0 Å². The fraction of sp³-hybridized carbons (Fsp3) is 0.300. The standard InChI is InChI=1S/C10H8ClF2NO2S/c1-2-6-3-7(10(12)13)4-9(8(6)5-14)17(11,15)16/h3-4,10H,2H2,1H3. The molecule has 0 aliphatic heterocycles. The van der Waals surface area contributed by atoms with Gasteiger partial charge in [0, 0.05) is 16.2 Å².